The Balaban J connectivity index is 4.40. The fourth-order valence-corrected chi connectivity index (χ4v) is 0.734. The molecule has 0 atom stereocenters. The second-order valence-electron chi connectivity index (χ2n) is 2.12. The fourth-order valence-electron chi connectivity index (χ4n) is 0.245. The van der Waals surface area contributed by atoms with Crippen LogP contribution in [0, 0.1) is 0 Å². The number of aliphatic hydroxyl groups is 4. The van der Waals surface area contributed by atoms with Crippen LogP contribution in [-0.2, 0) is 0 Å². The Kier molecular flexibility index (Phi) is 3.04. The molecule has 0 aromatic rings. The monoisotopic (exact) mass is 186 g/mol. The Hall–Kier alpha value is 0.540. The molecule has 0 aliphatic carbocycles. The van der Waals surface area contributed by atoms with Crippen molar-refractivity contribution in [2.75, 3.05) is 0 Å². The molecule has 4 N–H and O–H groups in total. The molecular weight excluding hydrogens is 176 g/mol. The molecule has 0 fully saturated rings. The van der Waals surface area contributed by atoms with Gasteiger partial charge in [0.1, 0.15) is 4.58 Å². The first-order valence-corrected chi connectivity index (χ1v) is 3.48. The van der Waals surface area contributed by atoms with Gasteiger partial charge >= 0.3 is 0 Å². The van der Waals surface area contributed by atoms with Crippen LogP contribution in [0.15, 0.2) is 0 Å². The van der Waals surface area contributed by atoms with Crippen LogP contribution in [0.4, 0.5) is 0 Å². The molecule has 0 heterocycles. The van der Waals surface area contributed by atoms with Gasteiger partial charge in [-0.15, -0.1) is 0 Å². The van der Waals surface area contributed by atoms with E-state index in [1.165, 1.54) is 0 Å². The minimum absolute atomic E-state index is 0.826. The molecule has 62 valence electrons. The van der Waals surface area contributed by atoms with E-state index in [0.29, 0.717) is 0 Å². The maximum absolute atomic E-state index is 8.83. The molecular formula is C4H10O4S2. The van der Waals surface area contributed by atoms with Crippen molar-refractivity contribution in [2.24, 2.45) is 0 Å². The molecule has 4 nitrogen and oxygen atoms in total. The Morgan fingerprint density at radius 1 is 1.10 bits per heavy atom. The summed E-state index contributed by atoms with van der Waals surface area (Å²) in [5.74, 6) is -5.35. The summed E-state index contributed by atoms with van der Waals surface area (Å²) in [6.45, 7) is 0.826. The van der Waals surface area contributed by atoms with Gasteiger partial charge in [0.15, 0.2) is 0 Å². The second-order valence-corrected chi connectivity index (χ2v) is 3.56. The first-order chi connectivity index (χ1) is 4.19. The van der Waals surface area contributed by atoms with Crippen molar-refractivity contribution in [3.63, 3.8) is 0 Å². The van der Waals surface area contributed by atoms with E-state index in [0.717, 1.165) is 6.92 Å². The van der Waals surface area contributed by atoms with Crippen molar-refractivity contribution >= 4 is 25.3 Å². The van der Waals surface area contributed by atoms with Crippen LogP contribution in [0.25, 0.3) is 0 Å². The van der Waals surface area contributed by atoms with E-state index < -0.39 is 16.2 Å². The number of thiol groups is 2. The zero-order valence-corrected chi connectivity index (χ0v) is 7.05. The van der Waals surface area contributed by atoms with Crippen LogP contribution >= 0.6 is 25.3 Å². The van der Waals surface area contributed by atoms with Crippen LogP contribution in [0.3, 0.4) is 0 Å². The number of hydrogen-bond acceptors (Lipinski definition) is 6. The normalized spacial score (nSPS) is 14.4. The summed E-state index contributed by atoms with van der Waals surface area (Å²) in [7, 11) is 0. The van der Waals surface area contributed by atoms with Gasteiger partial charge in [-0.25, -0.2) is 0 Å². The van der Waals surface area contributed by atoms with E-state index in [-0.39, 0.29) is 0 Å². The van der Waals surface area contributed by atoms with Crippen molar-refractivity contribution in [3.05, 3.63) is 0 Å². The molecule has 0 radical (unpaired) electrons. The molecule has 0 aliphatic rings. The topological polar surface area (TPSA) is 80.9 Å². The number of rotatable bonds is 2. The maximum Gasteiger partial charge on any atom is 0.239 e. The van der Waals surface area contributed by atoms with Crippen molar-refractivity contribution in [2.45, 2.75) is 23.1 Å². The third kappa shape index (κ3) is 2.01. The lowest BCUT2D eigenvalue weighted by Gasteiger charge is -2.33. The standard InChI is InChI=1S/C4H10O4S2/c1-3(5,6)4(7,8)2(9)10/h2,5-10H,1H3. The van der Waals surface area contributed by atoms with E-state index in [1.54, 1.807) is 0 Å². The van der Waals surface area contributed by atoms with Crippen LogP contribution in [-0.4, -0.2) is 36.6 Å². The van der Waals surface area contributed by atoms with Gasteiger partial charge in [0, 0.05) is 0 Å². The summed E-state index contributed by atoms with van der Waals surface area (Å²) in [6, 6.07) is 0. The van der Waals surface area contributed by atoms with Crippen LogP contribution < -0.4 is 0 Å². The Morgan fingerprint density at radius 2 is 1.40 bits per heavy atom. The largest absolute Gasteiger partial charge is 0.362 e. The lowest BCUT2D eigenvalue weighted by Crippen LogP contribution is -2.56. The third-order valence-corrected chi connectivity index (χ3v) is 1.78. The minimum Gasteiger partial charge on any atom is -0.362 e. The lowest BCUT2D eigenvalue weighted by molar-refractivity contribution is -0.339. The zero-order chi connectivity index (χ0) is 8.58. The highest BCUT2D eigenvalue weighted by Gasteiger charge is 2.46. The van der Waals surface area contributed by atoms with Gasteiger partial charge < -0.3 is 20.4 Å². The highest BCUT2D eigenvalue weighted by Crippen LogP contribution is 2.26. The molecule has 0 rings (SSSR count). The summed E-state index contributed by atoms with van der Waals surface area (Å²) in [4.78, 5) is 0. The molecule has 0 aliphatic heterocycles. The Bertz CT molecular complexity index is 117. The number of hydrogen-bond donors (Lipinski definition) is 6. The maximum atomic E-state index is 8.83. The SMILES string of the molecule is CC(O)(O)C(O)(O)C(S)S. The first kappa shape index (κ1) is 10.5. The van der Waals surface area contributed by atoms with Crippen LogP contribution in [0.1, 0.15) is 6.92 Å². The predicted molar refractivity (Wildman–Crippen MR) is 41.8 cm³/mol. The highest BCUT2D eigenvalue weighted by atomic mass is 32.2. The van der Waals surface area contributed by atoms with Crippen LogP contribution in [0.2, 0.25) is 0 Å². The second kappa shape index (κ2) is 2.88. The fraction of sp³-hybridized carbons (Fsp3) is 1.00. The molecule has 0 aromatic heterocycles. The highest BCUT2D eigenvalue weighted by molar-refractivity contribution is 7.99. The lowest BCUT2D eigenvalue weighted by atomic mass is 10.1. The molecule has 0 aromatic carbocycles. The molecule has 0 saturated heterocycles. The van der Waals surface area contributed by atoms with Gasteiger partial charge in [0.05, 0.1) is 0 Å². The third-order valence-electron chi connectivity index (χ3n) is 1.06. The van der Waals surface area contributed by atoms with Crippen LogP contribution in [0.5, 0.6) is 0 Å². The minimum atomic E-state index is -2.72. The van der Waals surface area contributed by atoms with E-state index in [1.807, 2.05) is 0 Å². The zero-order valence-electron chi connectivity index (χ0n) is 5.26. The van der Waals surface area contributed by atoms with Gasteiger partial charge in [0.25, 0.3) is 0 Å². The molecule has 0 spiro atoms. The van der Waals surface area contributed by atoms with Gasteiger partial charge in [0.2, 0.25) is 11.6 Å². The van der Waals surface area contributed by atoms with Crippen molar-refractivity contribution in [1.29, 1.82) is 0 Å². The molecule has 0 unspecified atom stereocenters. The average Bonchev–Trinajstić information content (AvgIpc) is 1.62. The first-order valence-electron chi connectivity index (χ1n) is 2.45. The van der Waals surface area contributed by atoms with Crippen molar-refractivity contribution in [1.82, 2.24) is 0 Å². The van der Waals surface area contributed by atoms with E-state index in [4.69, 9.17) is 20.4 Å². The summed E-state index contributed by atoms with van der Waals surface area (Å²) in [5, 5.41) is 35.0. The van der Waals surface area contributed by atoms with Gasteiger partial charge in [-0.2, -0.15) is 25.3 Å². The molecule has 0 bridgehead atoms. The Labute approximate surface area is 69.3 Å². The average molecular weight is 186 g/mol. The summed E-state index contributed by atoms with van der Waals surface area (Å²) in [6.07, 6.45) is 0. The van der Waals surface area contributed by atoms with Crippen molar-refractivity contribution < 1.29 is 20.4 Å². The predicted octanol–water partition coefficient (Wildman–Crippen LogP) is -1.45. The van der Waals surface area contributed by atoms with Gasteiger partial charge in [-0.05, 0) is 6.92 Å². The van der Waals surface area contributed by atoms with E-state index in [9.17, 15) is 0 Å². The molecule has 10 heavy (non-hydrogen) atoms. The summed E-state index contributed by atoms with van der Waals surface area (Å²) < 4.78 is -1.24. The van der Waals surface area contributed by atoms with E-state index in [2.05, 4.69) is 25.3 Å². The molecule has 0 saturated carbocycles. The summed E-state index contributed by atoms with van der Waals surface area (Å²) in [5.41, 5.74) is 0. The molecule has 0 amide bonds. The Morgan fingerprint density at radius 3 is 1.40 bits per heavy atom. The smallest absolute Gasteiger partial charge is 0.239 e. The molecule has 6 heteroatoms. The van der Waals surface area contributed by atoms with Gasteiger partial charge in [-0.1, -0.05) is 0 Å². The quantitative estimate of drug-likeness (QED) is 0.236. The van der Waals surface area contributed by atoms with E-state index >= 15 is 0 Å². The van der Waals surface area contributed by atoms with Crippen molar-refractivity contribution in [3.8, 4) is 0 Å². The van der Waals surface area contributed by atoms with Gasteiger partial charge in [-0.3, -0.25) is 0 Å². The summed E-state index contributed by atoms with van der Waals surface area (Å²) >= 11 is 7.03.